The SMILES string of the molecule is C=CC[N]c1cccc2ccccc12. The van der Waals surface area contributed by atoms with E-state index in [0.29, 0.717) is 6.54 Å². The molecule has 1 heteroatoms. The number of fused-ring (bicyclic) bond motifs is 1. The lowest BCUT2D eigenvalue weighted by Crippen LogP contribution is -1.96. The molecule has 0 heterocycles. The van der Waals surface area contributed by atoms with Gasteiger partial charge in [-0.05, 0) is 11.5 Å². The van der Waals surface area contributed by atoms with Gasteiger partial charge in [0.25, 0.3) is 0 Å². The van der Waals surface area contributed by atoms with Gasteiger partial charge in [0.2, 0.25) is 0 Å². The van der Waals surface area contributed by atoms with E-state index in [-0.39, 0.29) is 0 Å². The highest BCUT2D eigenvalue weighted by molar-refractivity contribution is 5.92. The molecule has 0 saturated carbocycles. The Morgan fingerprint density at radius 2 is 1.86 bits per heavy atom. The van der Waals surface area contributed by atoms with Gasteiger partial charge < -0.3 is 0 Å². The monoisotopic (exact) mass is 182 g/mol. The molecule has 0 aliphatic heterocycles. The number of rotatable bonds is 3. The maximum absolute atomic E-state index is 4.43. The van der Waals surface area contributed by atoms with Crippen molar-refractivity contribution in [3.8, 4) is 0 Å². The minimum Gasteiger partial charge on any atom is -0.281 e. The van der Waals surface area contributed by atoms with Crippen LogP contribution in [0.5, 0.6) is 0 Å². The molecular formula is C13H12N. The van der Waals surface area contributed by atoms with E-state index in [0.717, 1.165) is 5.69 Å². The van der Waals surface area contributed by atoms with Crippen molar-refractivity contribution in [1.29, 1.82) is 0 Å². The average Bonchev–Trinajstić information content (AvgIpc) is 2.26. The molecule has 69 valence electrons. The highest BCUT2D eigenvalue weighted by Gasteiger charge is 1.98. The van der Waals surface area contributed by atoms with Crippen molar-refractivity contribution in [2.75, 3.05) is 6.54 Å². The van der Waals surface area contributed by atoms with Crippen LogP contribution in [0.25, 0.3) is 10.8 Å². The summed E-state index contributed by atoms with van der Waals surface area (Å²) in [7, 11) is 0. The third kappa shape index (κ3) is 1.62. The first kappa shape index (κ1) is 8.82. The second kappa shape index (κ2) is 3.97. The van der Waals surface area contributed by atoms with Crippen LogP contribution in [0.15, 0.2) is 55.1 Å². The summed E-state index contributed by atoms with van der Waals surface area (Å²) in [6, 6.07) is 14.4. The Labute approximate surface area is 84.1 Å². The fourth-order valence-corrected chi connectivity index (χ4v) is 1.51. The van der Waals surface area contributed by atoms with Gasteiger partial charge in [-0.3, -0.25) is 5.32 Å². The summed E-state index contributed by atoms with van der Waals surface area (Å²) >= 11 is 0. The lowest BCUT2D eigenvalue weighted by Gasteiger charge is -2.04. The molecule has 0 amide bonds. The lowest BCUT2D eigenvalue weighted by atomic mass is 10.1. The second-order valence-corrected chi connectivity index (χ2v) is 3.13. The zero-order chi connectivity index (χ0) is 9.80. The molecule has 0 aliphatic rings. The number of hydrogen-bond donors (Lipinski definition) is 0. The summed E-state index contributed by atoms with van der Waals surface area (Å²) in [6.07, 6.45) is 1.81. The molecule has 0 atom stereocenters. The van der Waals surface area contributed by atoms with Crippen molar-refractivity contribution < 1.29 is 0 Å². The van der Waals surface area contributed by atoms with Gasteiger partial charge in [-0.1, -0.05) is 42.5 Å². The quantitative estimate of drug-likeness (QED) is 0.647. The van der Waals surface area contributed by atoms with Crippen LogP contribution >= 0.6 is 0 Å². The molecule has 2 aromatic carbocycles. The highest BCUT2D eigenvalue weighted by atomic mass is 14.9. The van der Waals surface area contributed by atoms with Gasteiger partial charge in [0.05, 0.1) is 12.2 Å². The molecule has 0 aliphatic carbocycles. The zero-order valence-electron chi connectivity index (χ0n) is 7.98. The maximum Gasteiger partial charge on any atom is 0.0656 e. The van der Waals surface area contributed by atoms with Crippen molar-refractivity contribution in [1.82, 2.24) is 5.32 Å². The van der Waals surface area contributed by atoms with Crippen LogP contribution < -0.4 is 5.32 Å². The molecule has 1 nitrogen and oxygen atoms in total. The first-order valence-corrected chi connectivity index (χ1v) is 4.68. The number of nitrogens with zero attached hydrogens (tertiary/aromatic N) is 1. The minimum absolute atomic E-state index is 0.675. The topological polar surface area (TPSA) is 14.1 Å². The normalized spacial score (nSPS) is 10.0. The predicted octanol–water partition coefficient (Wildman–Crippen LogP) is 3.26. The number of benzene rings is 2. The molecule has 2 aromatic rings. The zero-order valence-corrected chi connectivity index (χ0v) is 7.98. The van der Waals surface area contributed by atoms with Crippen molar-refractivity contribution in [3.63, 3.8) is 0 Å². The fraction of sp³-hybridized carbons (Fsp3) is 0.0769. The number of hydrogen-bond acceptors (Lipinski definition) is 0. The molecule has 0 N–H and O–H groups in total. The second-order valence-electron chi connectivity index (χ2n) is 3.13. The van der Waals surface area contributed by atoms with Crippen molar-refractivity contribution in [3.05, 3.63) is 55.1 Å². The molecule has 0 bridgehead atoms. The Morgan fingerprint density at radius 3 is 2.71 bits per heavy atom. The molecule has 1 radical (unpaired) electrons. The van der Waals surface area contributed by atoms with Crippen LogP contribution in [0, 0.1) is 0 Å². The van der Waals surface area contributed by atoms with Crippen LogP contribution in [0.3, 0.4) is 0 Å². The van der Waals surface area contributed by atoms with Gasteiger partial charge in [0.15, 0.2) is 0 Å². The summed E-state index contributed by atoms with van der Waals surface area (Å²) in [4.78, 5) is 0. The summed E-state index contributed by atoms with van der Waals surface area (Å²) in [5, 5.41) is 6.87. The van der Waals surface area contributed by atoms with Gasteiger partial charge in [-0.15, -0.1) is 6.58 Å². The Morgan fingerprint density at radius 1 is 1.07 bits per heavy atom. The molecule has 2 rings (SSSR count). The van der Waals surface area contributed by atoms with Gasteiger partial charge >= 0.3 is 0 Å². The molecule has 0 spiro atoms. The molecule has 14 heavy (non-hydrogen) atoms. The van der Waals surface area contributed by atoms with Crippen molar-refractivity contribution >= 4 is 16.5 Å². The van der Waals surface area contributed by atoms with E-state index in [1.807, 2.05) is 30.3 Å². The third-order valence-electron chi connectivity index (χ3n) is 2.16. The Hall–Kier alpha value is -1.76. The summed E-state index contributed by atoms with van der Waals surface area (Å²) in [5.41, 5.74) is 1.04. The maximum atomic E-state index is 4.43. The third-order valence-corrected chi connectivity index (χ3v) is 2.16. The van der Waals surface area contributed by atoms with E-state index >= 15 is 0 Å². The molecule has 0 unspecified atom stereocenters. The standard InChI is InChI=1S/C13H12N/c1-2-10-14-13-9-5-7-11-6-3-4-8-12(11)13/h2-9H,1,10H2. The average molecular weight is 182 g/mol. The smallest absolute Gasteiger partial charge is 0.0656 e. The van der Waals surface area contributed by atoms with Crippen LogP contribution in [-0.2, 0) is 0 Å². The van der Waals surface area contributed by atoms with Crippen LogP contribution in [0.4, 0.5) is 5.69 Å². The Kier molecular flexibility index (Phi) is 2.50. The van der Waals surface area contributed by atoms with Gasteiger partial charge in [-0.25, -0.2) is 0 Å². The van der Waals surface area contributed by atoms with Gasteiger partial charge in [-0.2, -0.15) is 0 Å². The molecular weight excluding hydrogens is 170 g/mol. The van der Waals surface area contributed by atoms with E-state index < -0.39 is 0 Å². The largest absolute Gasteiger partial charge is 0.281 e. The first-order valence-electron chi connectivity index (χ1n) is 4.68. The highest BCUT2D eigenvalue weighted by Crippen LogP contribution is 2.22. The van der Waals surface area contributed by atoms with Crippen molar-refractivity contribution in [2.45, 2.75) is 0 Å². The summed E-state index contributed by atoms with van der Waals surface area (Å²) in [5.74, 6) is 0. The predicted molar refractivity (Wildman–Crippen MR) is 60.8 cm³/mol. The van der Waals surface area contributed by atoms with Crippen LogP contribution in [-0.4, -0.2) is 6.54 Å². The lowest BCUT2D eigenvalue weighted by molar-refractivity contribution is 0.987. The molecule has 0 fully saturated rings. The van der Waals surface area contributed by atoms with Crippen LogP contribution in [0.2, 0.25) is 0 Å². The van der Waals surface area contributed by atoms with E-state index in [2.05, 4.69) is 30.1 Å². The summed E-state index contributed by atoms with van der Waals surface area (Å²) in [6.45, 7) is 4.34. The van der Waals surface area contributed by atoms with Gasteiger partial charge in [0, 0.05) is 5.39 Å². The van der Waals surface area contributed by atoms with E-state index in [4.69, 9.17) is 0 Å². The molecule has 0 saturated heterocycles. The van der Waals surface area contributed by atoms with Gasteiger partial charge in [0.1, 0.15) is 0 Å². The van der Waals surface area contributed by atoms with E-state index in [1.54, 1.807) is 0 Å². The Bertz CT molecular complexity index is 440. The molecule has 0 aromatic heterocycles. The Balaban J connectivity index is 2.48. The minimum atomic E-state index is 0.675. The van der Waals surface area contributed by atoms with E-state index in [9.17, 15) is 0 Å². The van der Waals surface area contributed by atoms with Crippen molar-refractivity contribution in [2.24, 2.45) is 0 Å². The van der Waals surface area contributed by atoms with E-state index in [1.165, 1.54) is 10.8 Å². The summed E-state index contributed by atoms with van der Waals surface area (Å²) < 4.78 is 0. The fourth-order valence-electron chi connectivity index (χ4n) is 1.51. The van der Waals surface area contributed by atoms with Crippen LogP contribution in [0.1, 0.15) is 0 Å². The first-order chi connectivity index (χ1) is 6.92.